The number of hydrogen-bond acceptors (Lipinski definition) is 1. The molecule has 0 radical (unpaired) electrons. The van der Waals surface area contributed by atoms with Gasteiger partial charge in [-0.05, 0) is 44.7 Å². The molecule has 0 aromatic heterocycles. The summed E-state index contributed by atoms with van der Waals surface area (Å²) in [5.74, 6) is 1.01. The summed E-state index contributed by atoms with van der Waals surface area (Å²) >= 11 is 0. The number of hydrogen-bond donors (Lipinski definition) is 0. The van der Waals surface area contributed by atoms with Crippen LogP contribution in [0.2, 0.25) is 0 Å². The maximum atomic E-state index is 2.64. The van der Waals surface area contributed by atoms with Crippen LogP contribution < -0.4 is 0 Å². The molecule has 0 aromatic rings. The van der Waals surface area contributed by atoms with Crippen LogP contribution in [0.3, 0.4) is 0 Å². The minimum absolute atomic E-state index is 0. The molecule has 0 saturated carbocycles. The minimum Gasteiger partial charge on any atom is -0.303 e. The largest absolute Gasteiger partial charge is 0.303 e. The quantitative estimate of drug-likeness (QED) is 0.681. The van der Waals surface area contributed by atoms with Gasteiger partial charge in [-0.1, -0.05) is 20.3 Å². The van der Waals surface area contributed by atoms with E-state index in [2.05, 4.69) is 18.7 Å². The summed E-state index contributed by atoms with van der Waals surface area (Å²) in [5, 5.41) is 0. The topological polar surface area (TPSA) is 3.24 Å². The van der Waals surface area contributed by atoms with E-state index in [9.17, 15) is 0 Å². The van der Waals surface area contributed by atoms with E-state index in [1.54, 1.807) is 0 Å². The summed E-state index contributed by atoms with van der Waals surface area (Å²) in [6, 6.07) is 0. The van der Waals surface area contributed by atoms with Gasteiger partial charge in [-0.2, -0.15) is 0 Å². The monoisotopic (exact) mass is 205 g/mol. The highest BCUT2D eigenvalue weighted by Crippen LogP contribution is 2.20. The molecule has 1 rings (SSSR count). The van der Waals surface area contributed by atoms with Gasteiger partial charge in [-0.3, -0.25) is 0 Å². The lowest BCUT2D eigenvalue weighted by molar-refractivity contribution is 0.168. The van der Waals surface area contributed by atoms with Gasteiger partial charge in [0, 0.05) is 6.54 Å². The summed E-state index contributed by atoms with van der Waals surface area (Å²) in [6.07, 6.45) is 7.04. The second-order valence-corrected chi connectivity index (χ2v) is 4.10. The predicted molar refractivity (Wildman–Crippen MR) is 61.6 cm³/mol. The smallest absolute Gasteiger partial charge is 0.000966 e. The van der Waals surface area contributed by atoms with Crippen LogP contribution in [-0.2, 0) is 0 Å². The Balaban J connectivity index is 0.00000144. The molecule has 0 spiro atoms. The first-order valence-electron chi connectivity index (χ1n) is 5.59. The Hall–Kier alpha value is 0.250. The molecule has 13 heavy (non-hydrogen) atoms. The molecule has 0 amide bonds. The third-order valence-corrected chi connectivity index (χ3v) is 2.84. The molecule has 1 unspecified atom stereocenters. The number of halogens is 1. The van der Waals surface area contributed by atoms with Gasteiger partial charge in [-0.15, -0.1) is 12.4 Å². The van der Waals surface area contributed by atoms with Crippen LogP contribution in [-0.4, -0.2) is 24.5 Å². The second kappa shape index (κ2) is 7.64. The Morgan fingerprint density at radius 2 is 2.00 bits per heavy atom. The van der Waals surface area contributed by atoms with E-state index in [-0.39, 0.29) is 12.4 Å². The Morgan fingerprint density at radius 1 is 1.23 bits per heavy atom. The van der Waals surface area contributed by atoms with Crippen LogP contribution in [0.1, 0.15) is 46.0 Å². The van der Waals surface area contributed by atoms with Gasteiger partial charge in [0.1, 0.15) is 0 Å². The van der Waals surface area contributed by atoms with Gasteiger partial charge in [0.05, 0.1) is 0 Å². The zero-order chi connectivity index (χ0) is 8.81. The Labute approximate surface area is 89.3 Å². The van der Waals surface area contributed by atoms with Crippen molar-refractivity contribution in [3.8, 4) is 0 Å². The lowest BCUT2D eigenvalue weighted by Gasteiger charge is -2.32. The third kappa shape index (κ3) is 4.87. The van der Waals surface area contributed by atoms with E-state index >= 15 is 0 Å². The predicted octanol–water partition coefficient (Wildman–Crippen LogP) is 3.33. The van der Waals surface area contributed by atoms with Crippen LogP contribution in [0.15, 0.2) is 0 Å². The highest BCUT2D eigenvalue weighted by molar-refractivity contribution is 5.85. The maximum Gasteiger partial charge on any atom is 0.000966 e. The van der Waals surface area contributed by atoms with Crippen LogP contribution in [0, 0.1) is 5.92 Å². The zero-order valence-electron chi connectivity index (χ0n) is 9.09. The lowest BCUT2D eigenvalue weighted by Crippen LogP contribution is -2.35. The van der Waals surface area contributed by atoms with E-state index in [4.69, 9.17) is 0 Å². The van der Waals surface area contributed by atoms with Crippen LogP contribution in [0.5, 0.6) is 0 Å². The van der Waals surface area contributed by atoms with Crippen molar-refractivity contribution in [2.45, 2.75) is 46.0 Å². The Kier molecular flexibility index (Phi) is 7.78. The number of piperidine rings is 1. The Morgan fingerprint density at radius 3 is 2.62 bits per heavy atom. The van der Waals surface area contributed by atoms with E-state index in [1.807, 2.05) is 0 Å². The molecule has 80 valence electrons. The van der Waals surface area contributed by atoms with E-state index in [0.717, 1.165) is 5.92 Å². The van der Waals surface area contributed by atoms with E-state index in [0.29, 0.717) is 0 Å². The Bertz CT molecular complexity index is 101. The molecule has 1 aliphatic rings. The first-order chi connectivity index (χ1) is 5.86. The van der Waals surface area contributed by atoms with Gasteiger partial charge in [0.25, 0.3) is 0 Å². The molecule has 1 saturated heterocycles. The molecular weight excluding hydrogens is 182 g/mol. The van der Waals surface area contributed by atoms with Gasteiger partial charge >= 0.3 is 0 Å². The van der Waals surface area contributed by atoms with Gasteiger partial charge in [-0.25, -0.2) is 0 Å². The van der Waals surface area contributed by atoms with Crippen molar-refractivity contribution in [1.82, 2.24) is 4.90 Å². The molecule has 1 atom stereocenters. The first kappa shape index (κ1) is 13.2. The molecule has 1 aliphatic heterocycles. The molecule has 0 aliphatic carbocycles. The van der Waals surface area contributed by atoms with Crippen molar-refractivity contribution >= 4 is 12.4 Å². The highest BCUT2D eigenvalue weighted by atomic mass is 35.5. The molecule has 2 heteroatoms. The fraction of sp³-hybridized carbons (Fsp3) is 1.00. The zero-order valence-corrected chi connectivity index (χ0v) is 9.91. The molecular formula is C11H24ClN. The fourth-order valence-electron chi connectivity index (χ4n) is 2.31. The van der Waals surface area contributed by atoms with Crippen molar-refractivity contribution in [3.05, 3.63) is 0 Å². The minimum atomic E-state index is 0. The van der Waals surface area contributed by atoms with Crippen molar-refractivity contribution in [1.29, 1.82) is 0 Å². The molecule has 0 bridgehead atoms. The number of likely N-dealkylation sites (tertiary alicyclic amines) is 1. The van der Waals surface area contributed by atoms with Gasteiger partial charge in [0.15, 0.2) is 0 Å². The molecule has 1 nitrogen and oxygen atoms in total. The highest BCUT2D eigenvalue weighted by Gasteiger charge is 2.17. The van der Waals surface area contributed by atoms with Gasteiger partial charge in [0.2, 0.25) is 0 Å². The normalized spacial score (nSPS) is 24.0. The molecule has 1 fully saturated rings. The average molecular weight is 206 g/mol. The molecule has 0 N–H and O–H groups in total. The van der Waals surface area contributed by atoms with E-state index < -0.39 is 0 Å². The summed E-state index contributed by atoms with van der Waals surface area (Å²) in [6.45, 7) is 8.64. The van der Waals surface area contributed by atoms with Gasteiger partial charge < -0.3 is 4.90 Å². The maximum absolute atomic E-state index is 2.64. The summed E-state index contributed by atoms with van der Waals surface area (Å²) in [7, 11) is 0. The SMILES string of the molecule is CCCC1CCCN(CCC)C1.Cl. The lowest BCUT2D eigenvalue weighted by atomic mass is 9.94. The number of nitrogens with zero attached hydrogens (tertiary/aromatic N) is 1. The molecule has 1 heterocycles. The average Bonchev–Trinajstić information content (AvgIpc) is 2.06. The van der Waals surface area contributed by atoms with Crippen LogP contribution in [0.4, 0.5) is 0 Å². The second-order valence-electron chi connectivity index (χ2n) is 4.10. The van der Waals surface area contributed by atoms with Crippen molar-refractivity contribution in [2.24, 2.45) is 5.92 Å². The standard InChI is InChI=1S/C11H23N.ClH/c1-3-6-11-7-5-9-12(10-11)8-4-2;/h11H,3-10H2,1-2H3;1H. The molecule has 0 aromatic carbocycles. The van der Waals surface area contributed by atoms with Crippen molar-refractivity contribution in [2.75, 3.05) is 19.6 Å². The van der Waals surface area contributed by atoms with Crippen LogP contribution in [0.25, 0.3) is 0 Å². The summed E-state index contributed by atoms with van der Waals surface area (Å²) < 4.78 is 0. The van der Waals surface area contributed by atoms with Crippen molar-refractivity contribution < 1.29 is 0 Å². The summed E-state index contributed by atoms with van der Waals surface area (Å²) in [4.78, 5) is 2.64. The van der Waals surface area contributed by atoms with E-state index in [1.165, 1.54) is 51.7 Å². The first-order valence-corrected chi connectivity index (χ1v) is 5.59. The van der Waals surface area contributed by atoms with Crippen LogP contribution >= 0.6 is 12.4 Å². The number of rotatable bonds is 4. The summed E-state index contributed by atoms with van der Waals surface area (Å²) in [5.41, 5.74) is 0. The fourth-order valence-corrected chi connectivity index (χ4v) is 2.31. The van der Waals surface area contributed by atoms with Crippen molar-refractivity contribution in [3.63, 3.8) is 0 Å². The third-order valence-electron chi connectivity index (χ3n) is 2.84.